The highest BCUT2D eigenvalue weighted by molar-refractivity contribution is 7.99. The van der Waals surface area contributed by atoms with Crippen LogP contribution in [0.1, 0.15) is 56.6 Å². The van der Waals surface area contributed by atoms with Gasteiger partial charge in [0.25, 0.3) is 0 Å². The fourth-order valence-electron chi connectivity index (χ4n) is 4.79. The first-order chi connectivity index (χ1) is 14.1. The molecule has 0 radical (unpaired) electrons. The smallest absolute Gasteiger partial charge is 0.148 e. The van der Waals surface area contributed by atoms with Crippen molar-refractivity contribution < 1.29 is 0 Å². The highest BCUT2D eigenvalue weighted by Gasteiger charge is 2.43. The monoisotopic (exact) mass is 449 g/mol. The number of piperidine rings is 1. The normalized spacial score (nSPS) is 23.7. The zero-order valence-corrected chi connectivity index (χ0v) is 18.6. The Morgan fingerprint density at radius 1 is 1.10 bits per heavy atom. The number of nitrogens with two attached hydrogens (primary N) is 1. The van der Waals surface area contributed by atoms with E-state index in [-0.39, 0.29) is 0 Å². The molecule has 1 atom stereocenters. The van der Waals surface area contributed by atoms with E-state index in [0.717, 1.165) is 47.4 Å². The van der Waals surface area contributed by atoms with Crippen LogP contribution in [0, 0.1) is 5.41 Å². The SMILES string of the molecule is N[C@@H]1CCCC12CCN(c1cnc(Sc3ccnc(Cl)c3Cl)c(C3CC3)n1)CC2. The minimum absolute atomic E-state index is 0.321. The van der Waals surface area contributed by atoms with E-state index >= 15 is 0 Å². The van der Waals surface area contributed by atoms with Crippen molar-refractivity contribution in [2.45, 2.75) is 66.8 Å². The summed E-state index contributed by atoms with van der Waals surface area (Å²) < 4.78 is 0. The van der Waals surface area contributed by atoms with Crippen molar-refractivity contribution in [3.8, 4) is 0 Å². The first-order valence-electron chi connectivity index (χ1n) is 10.4. The Morgan fingerprint density at radius 2 is 1.90 bits per heavy atom. The van der Waals surface area contributed by atoms with Crippen LogP contribution in [0.25, 0.3) is 0 Å². The number of anilines is 1. The van der Waals surface area contributed by atoms with Crippen LogP contribution >= 0.6 is 35.0 Å². The maximum absolute atomic E-state index is 6.44. The van der Waals surface area contributed by atoms with Crippen molar-refractivity contribution in [3.63, 3.8) is 0 Å². The predicted octanol–water partition coefficient (Wildman–Crippen LogP) is 5.30. The highest BCUT2D eigenvalue weighted by Crippen LogP contribution is 2.48. The fraction of sp³-hybridized carbons (Fsp3) is 0.571. The van der Waals surface area contributed by atoms with Gasteiger partial charge in [-0.05, 0) is 50.0 Å². The lowest BCUT2D eigenvalue weighted by Crippen LogP contribution is -2.47. The van der Waals surface area contributed by atoms with Crippen LogP contribution in [0.4, 0.5) is 5.82 Å². The van der Waals surface area contributed by atoms with Crippen LogP contribution in [0.5, 0.6) is 0 Å². The average Bonchev–Trinajstić information content (AvgIpc) is 3.52. The number of hydrogen-bond donors (Lipinski definition) is 1. The topological polar surface area (TPSA) is 67.9 Å². The Hall–Kier alpha value is -1.08. The average molecular weight is 450 g/mol. The molecule has 5 nitrogen and oxygen atoms in total. The van der Waals surface area contributed by atoms with Crippen LogP contribution in [-0.4, -0.2) is 34.1 Å². The summed E-state index contributed by atoms with van der Waals surface area (Å²) in [5.41, 5.74) is 7.89. The summed E-state index contributed by atoms with van der Waals surface area (Å²) in [7, 11) is 0. The highest BCUT2D eigenvalue weighted by atomic mass is 35.5. The van der Waals surface area contributed by atoms with Gasteiger partial charge < -0.3 is 10.6 Å². The molecular weight excluding hydrogens is 425 g/mol. The van der Waals surface area contributed by atoms with E-state index in [1.54, 1.807) is 6.20 Å². The molecule has 2 aliphatic carbocycles. The second kappa shape index (κ2) is 7.88. The van der Waals surface area contributed by atoms with Crippen LogP contribution in [0.2, 0.25) is 10.2 Å². The molecule has 0 unspecified atom stereocenters. The molecule has 1 spiro atoms. The number of aromatic nitrogens is 3. The number of rotatable bonds is 4. The third-order valence-electron chi connectivity index (χ3n) is 6.79. The van der Waals surface area contributed by atoms with E-state index in [2.05, 4.69) is 9.88 Å². The van der Waals surface area contributed by atoms with Gasteiger partial charge in [0.2, 0.25) is 0 Å². The summed E-state index contributed by atoms with van der Waals surface area (Å²) in [6.07, 6.45) is 12.0. The molecule has 1 aliphatic heterocycles. The lowest BCUT2D eigenvalue weighted by molar-refractivity contribution is 0.197. The summed E-state index contributed by atoms with van der Waals surface area (Å²) in [5, 5.41) is 1.72. The number of nitrogens with zero attached hydrogens (tertiary/aromatic N) is 4. The van der Waals surface area contributed by atoms with Gasteiger partial charge in [-0.15, -0.1) is 0 Å². The van der Waals surface area contributed by atoms with Gasteiger partial charge in [-0.1, -0.05) is 41.4 Å². The Bertz CT molecular complexity index is 912. The molecule has 3 aliphatic rings. The lowest BCUT2D eigenvalue weighted by atomic mass is 9.74. The van der Waals surface area contributed by atoms with Crippen molar-refractivity contribution in [1.29, 1.82) is 0 Å². The van der Waals surface area contributed by atoms with Crippen molar-refractivity contribution in [2.75, 3.05) is 18.0 Å². The minimum atomic E-state index is 0.321. The molecule has 8 heteroatoms. The second-order valence-corrected chi connectivity index (χ2v) is 10.3. The van der Waals surface area contributed by atoms with Crippen molar-refractivity contribution in [2.24, 2.45) is 11.1 Å². The first-order valence-corrected chi connectivity index (χ1v) is 12.0. The van der Waals surface area contributed by atoms with Gasteiger partial charge in [0.05, 0.1) is 16.9 Å². The standard InChI is InChI=1S/C21H25Cl2N5S/c22-17-14(5-9-25-19(17)23)29-20-18(13-3-4-13)27-16(12-26-20)28-10-7-21(8-11-28)6-1-2-15(21)24/h5,9,12-13,15H,1-4,6-8,10-11,24H2/t15-/m1/s1. The van der Waals surface area contributed by atoms with Gasteiger partial charge in [0.15, 0.2) is 0 Å². The third-order valence-corrected chi connectivity index (χ3v) is 8.74. The van der Waals surface area contributed by atoms with E-state index in [1.807, 2.05) is 12.3 Å². The molecule has 0 aromatic carbocycles. The van der Waals surface area contributed by atoms with Crippen LogP contribution in [-0.2, 0) is 0 Å². The van der Waals surface area contributed by atoms with Gasteiger partial charge in [0.1, 0.15) is 16.0 Å². The summed E-state index contributed by atoms with van der Waals surface area (Å²) in [6.45, 7) is 2.04. The van der Waals surface area contributed by atoms with Gasteiger partial charge >= 0.3 is 0 Å². The van der Waals surface area contributed by atoms with Crippen molar-refractivity contribution in [1.82, 2.24) is 15.0 Å². The zero-order valence-electron chi connectivity index (χ0n) is 16.3. The second-order valence-electron chi connectivity index (χ2n) is 8.56. The summed E-state index contributed by atoms with van der Waals surface area (Å²) in [6, 6.07) is 2.24. The van der Waals surface area contributed by atoms with Gasteiger partial charge in [0, 0.05) is 36.1 Å². The first kappa shape index (κ1) is 19.9. The molecule has 3 heterocycles. The quantitative estimate of drug-likeness (QED) is 0.638. The largest absolute Gasteiger partial charge is 0.355 e. The summed E-state index contributed by atoms with van der Waals surface area (Å²) in [5.74, 6) is 1.50. The maximum atomic E-state index is 6.44. The lowest BCUT2D eigenvalue weighted by Gasteiger charge is -2.42. The van der Waals surface area contributed by atoms with Crippen molar-refractivity contribution >= 4 is 40.8 Å². The van der Waals surface area contributed by atoms with Crippen LogP contribution in [0.3, 0.4) is 0 Å². The minimum Gasteiger partial charge on any atom is -0.355 e. The zero-order chi connectivity index (χ0) is 20.0. The van der Waals surface area contributed by atoms with Gasteiger partial charge in [-0.2, -0.15) is 0 Å². The van der Waals surface area contributed by atoms with Crippen LogP contribution < -0.4 is 10.6 Å². The maximum Gasteiger partial charge on any atom is 0.148 e. The number of pyridine rings is 1. The van der Waals surface area contributed by atoms with Crippen molar-refractivity contribution in [3.05, 3.63) is 34.3 Å². The molecular formula is C21H25Cl2N5S. The summed E-state index contributed by atoms with van der Waals surface area (Å²) in [4.78, 5) is 17.1. The molecule has 2 aromatic heterocycles. The van der Waals surface area contributed by atoms with E-state index in [1.165, 1.54) is 43.9 Å². The Balaban J connectivity index is 1.36. The molecule has 0 amide bonds. The van der Waals surface area contributed by atoms with E-state index in [4.69, 9.17) is 38.9 Å². The Labute approximate surface area is 185 Å². The molecule has 2 aromatic rings. The molecule has 154 valence electrons. The number of hydrogen-bond acceptors (Lipinski definition) is 6. The summed E-state index contributed by atoms with van der Waals surface area (Å²) >= 11 is 13.9. The van der Waals surface area contributed by atoms with Gasteiger partial charge in [-0.25, -0.2) is 15.0 Å². The Kier molecular flexibility index (Phi) is 5.39. The van der Waals surface area contributed by atoms with E-state index in [0.29, 0.717) is 27.6 Å². The third kappa shape index (κ3) is 3.85. The molecule has 5 rings (SSSR count). The van der Waals surface area contributed by atoms with E-state index in [9.17, 15) is 0 Å². The Morgan fingerprint density at radius 3 is 2.59 bits per heavy atom. The molecule has 1 saturated heterocycles. The molecule has 29 heavy (non-hydrogen) atoms. The fourth-order valence-corrected chi connectivity index (χ4v) is 6.18. The molecule has 3 fully saturated rings. The molecule has 2 saturated carbocycles. The molecule has 0 bridgehead atoms. The number of halogens is 2. The van der Waals surface area contributed by atoms with Crippen LogP contribution in [0.15, 0.2) is 28.4 Å². The predicted molar refractivity (Wildman–Crippen MR) is 118 cm³/mol. The van der Waals surface area contributed by atoms with Gasteiger partial charge in [-0.3, -0.25) is 0 Å². The van der Waals surface area contributed by atoms with E-state index < -0.39 is 0 Å². The molecule has 2 N–H and O–H groups in total.